The second kappa shape index (κ2) is 7.65. The third-order valence-electron chi connectivity index (χ3n) is 5.55. The Balaban J connectivity index is 1.51. The van der Waals surface area contributed by atoms with E-state index in [1.165, 1.54) is 0 Å². The molecule has 0 fully saturated rings. The highest BCUT2D eigenvalue weighted by Crippen LogP contribution is 2.31. The number of nitrogens with zero attached hydrogens (tertiary/aromatic N) is 3. The van der Waals surface area contributed by atoms with Gasteiger partial charge in [0.15, 0.2) is 0 Å². The lowest BCUT2D eigenvalue weighted by Crippen LogP contribution is -2.25. The summed E-state index contributed by atoms with van der Waals surface area (Å²) < 4.78 is 0. The Bertz CT molecular complexity index is 1320. The van der Waals surface area contributed by atoms with E-state index >= 15 is 0 Å². The summed E-state index contributed by atoms with van der Waals surface area (Å²) in [6.45, 7) is 2.24. The molecule has 6 heteroatoms. The van der Waals surface area contributed by atoms with Gasteiger partial charge in [0.05, 0.1) is 16.8 Å². The van der Waals surface area contributed by atoms with Crippen LogP contribution >= 0.6 is 0 Å². The molecular formula is C25H20N4O2. The predicted octanol–water partition coefficient (Wildman–Crippen LogP) is 4.46. The number of hydrogen-bond acceptors (Lipinski definition) is 4. The van der Waals surface area contributed by atoms with Crippen molar-refractivity contribution in [2.24, 2.45) is 0 Å². The Labute approximate surface area is 179 Å². The minimum Gasteiger partial charge on any atom is -0.322 e. The van der Waals surface area contributed by atoms with Gasteiger partial charge in [0.25, 0.3) is 5.91 Å². The zero-order valence-electron chi connectivity index (χ0n) is 17.0. The van der Waals surface area contributed by atoms with Crippen LogP contribution in [-0.4, -0.2) is 28.3 Å². The van der Waals surface area contributed by atoms with Crippen LogP contribution in [0, 0.1) is 0 Å². The number of nitrogens with one attached hydrogen (secondary N) is 1. The number of para-hydroxylation sites is 1. The largest absolute Gasteiger partial charge is 0.322 e. The van der Waals surface area contributed by atoms with E-state index in [1.54, 1.807) is 24.2 Å². The Hall–Kier alpha value is -4.06. The molecule has 0 radical (unpaired) electrons. The van der Waals surface area contributed by atoms with Gasteiger partial charge in [-0.25, -0.2) is 4.98 Å². The molecule has 2 aromatic carbocycles. The fraction of sp³-hybridized carbons (Fsp3) is 0.120. The van der Waals surface area contributed by atoms with Gasteiger partial charge in [-0.15, -0.1) is 0 Å². The molecule has 0 bridgehead atoms. The van der Waals surface area contributed by atoms with E-state index in [2.05, 4.69) is 10.3 Å². The van der Waals surface area contributed by atoms with Gasteiger partial charge >= 0.3 is 0 Å². The zero-order chi connectivity index (χ0) is 21.4. The van der Waals surface area contributed by atoms with Crippen molar-refractivity contribution in [3.8, 4) is 11.3 Å². The van der Waals surface area contributed by atoms with Gasteiger partial charge < -0.3 is 10.2 Å². The first-order chi connectivity index (χ1) is 15.1. The van der Waals surface area contributed by atoms with Crippen molar-refractivity contribution >= 4 is 34.1 Å². The summed E-state index contributed by atoms with van der Waals surface area (Å²) in [6.07, 6.45) is 4.20. The summed E-state index contributed by atoms with van der Waals surface area (Å²) in [4.78, 5) is 35.6. The topological polar surface area (TPSA) is 75.2 Å². The fourth-order valence-corrected chi connectivity index (χ4v) is 4.04. The van der Waals surface area contributed by atoms with Gasteiger partial charge in [0.2, 0.25) is 5.91 Å². The zero-order valence-corrected chi connectivity index (χ0v) is 17.0. The van der Waals surface area contributed by atoms with Crippen LogP contribution < -0.4 is 10.2 Å². The van der Waals surface area contributed by atoms with Crippen molar-refractivity contribution in [3.63, 3.8) is 0 Å². The average molecular weight is 408 g/mol. The first-order valence-corrected chi connectivity index (χ1v) is 10.1. The van der Waals surface area contributed by atoms with E-state index in [9.17, 15) is 9.59 Å². The summed E-state index contributed by atoms with van der Waals surface area (Å²) in [5, 5.41) is 3.81. The van der Waals surface area contributed by atoms with Crippen LogP contribution in [0.4, 0.5) is 11.4 Å². The number of pyridine rings is 2. The summed E-state index contributed by atoms with van der Waals surface area (Å²) in [6, 6.07) is 18.9. The van der Waals surface area contributed by atoms with Crippen molar-refractivity contribution in [1.82, 2.24) is 9.97 Å². The van der Waals surface area contributed by atoms with Gasteiger partial charge in [0.1, 0.15) is 0 Å². The lowest BCUT2D eigenvalue weighted by molar-refractivity contribution is -0.116. The third-order valence-corrected chi connectivity index (χ3v) is 5.55. The van der Waals surface area contributed by atoms with Crippen LogP contribution in [0.3, 0.4) is 0 Å². The molecule has 1 aliphatic heterocycles. The van der Waals surface area contributed by atoms with E-state index < -0.39 is 0 Å². The smallest absolute Gasteiger partial charge is 0.256 e. The molecule has 152 valence electrons. The predicted molar refractivity (Wildman–Crippen MR) is 121 cm³/mol. The first kappa shape index (κ1) is 18.9. The number of aromatic nitrogens is 2. The molecule has 0 spiro atoms. The highest BCUT2D eigenvalue weighted by atomic mass is 16.2. The number of benzene rings is 2. The maximum absolute atomic E-state index is 13.3. The molecule has 0 unspecified atom stereocenters. The molecule has 0 saturated carbocycles. The van der Waals surface area contributed by atoms with Crippen LogP contribution in [0.5, 0.6) is 0 Å². The molecule has 0 atom stereocenters. The van der Waals surface area contributed by atoms with Crippen LogP contribution in [0.1, 0.15) is 22.8 Å². The average Bonchev–Trinajstić information content (AvgIpc) is 3.22. The molecular weight excluding hydrogens is 388 g/mol. The number of anilines is 2. The number of amides is 2. The van der Waals surface area contributed by atoms with Gasteiger partial charge in [0, 0.05) is 48.2 Å². The van der Waals surface area contributed by atoms with E-state index in [-0.39, 0.29) is 11.8 Å². The van der Waals surface area contributed by atoms with Crippen molar-refractivity contribution in [2.45, 2.75) is 13.3 Å². The third kappa shape index (κ3) is 3.53. The maximum atomic E-state index is 13.3. The second-order valence-corrected chi connectivity index (χ2v) is 7.53. The van der Waals surface area contributed by atoms with Gasteiger partial charge in [-0.2, -0.15) is 0 Å². The summed E-state index contributed by atoms with van der Waals surface area (Å²) in [5.41, 5.74) is 5.62. The number of hydrogen-bond donors (Lipinski definition) is 1. The highest BCUT2D eigenvalue weighted by molar-refractivity contribution is 6.13. The lowest BCUT2D eigenvalue weighted by atomic mass is 10.0. The molecule has 0 saturated heterocycles. The van der Waals surface area contributed by atoms with Crippen molar-refractivity contribution in [3.05, 3.63) is 84.2 Å². The Kier molecular flexibility index (Phi) is 4.67. The molecule has 0 aliphatic carbocycles. The van der Waals surface area contributed by atoms with Gasteiger partial charge in [-0.3, -0.25) is 14.6 Å². The van der Waals surface area contributed by atoms with Crippen LogP contribution in [-0.2, 0) is 11.2 Å². The molecule has 2 aromatic heterocycles. The molecule has 31 heavy (non-hydrogen) atoms. The molecule has 3 heterocycles. The van der Waals surface area contributed by atoms with E-state index in [0.717, 1.165) is 39.8 Å². The number of rotatable bonds is 3. The standard InChI is InChI=1S/C25H20N4O2/c1-16(30)29-13-10-18-14-19(6-7-24(18)29)27-25(31)21-15-23(17-8-11-26-12-9-17)28-22-5-3-2-4-20(21)22/h2-9,11-12,14-15H,10,13H2,1H3,(H,27,31). The van der Waals surface area contributed by atoms with Crippen molar-refractivity contribution in [2.75, 3.05) is 16.8 Å². The van der Waals surface area contributed by atoms with Crippen molar-refractivity contribution < 1.29 is 9.59 Å². The van der Waals surface area contributed by atoms with Gasteiger partial charge in [-0.1, -0.05) is 18.2 Å². The number of carbonyl (C=O) groups excluding carboxylic acids is 2. The number of carbonyl (C=O) groups is 2. The normalized spacial score (nSPS) is 12.6. The fourth-order valence-electron chi connectivity index (χ4n) is 4.04. The SMILES string of the molecule is CC(=O)N1CCc2cc(NC(=O)c3cc(-c4ccncc4)nc4ccccc34)ccc21. The Morgan fingerprint density at radius 1 is 1.00 bits per heavy atom. The van der Waals surface area contributed by atoms with Crippen LogP contribution in [0.25, 0.3) is 22.2 Å². The van der Waals surface area contributed by atoms with Crippen molar-refractivity contribution in [1.29, 1.82) is 0 Å². The Morgan fingerprint density at radius 2 is 1.81 bits per heavy atom. The first-order valence-electron chi connectivity index (χ1n) is 10.1. The molecule has 4 aromatic rings. The number of fused-ring (bicyclic) bond motifs is 2. The quantitative estimate of drug-likeness (QED) is 0.543. The monoisotopic (exact) mass is 408 g/mol. The molecule has 1 N–H and O–H groups in total. The van der Waals surface area contributed by atoms with E-state index in [1.807, 2.05) is 60.7 Å². The van der Waals surface area contributed by atoms with E-state index in [4.69, 9.17) is 4.98 Å². The minimum atomic E-state index is -0.199. The van der Waals surface area contributed by atoms with Crippen LogP contribution in [0.2, 0.25) is 0 Å². The summed E-state index contributed by atoms with van der Waals surface area (Å²) in [5.74, 6) is -0.169. The molecule has 5 rings (SSSR count). The highest BCUT2D eigenvalue weighted by Gasteiger charge is 2.22. The van der Waals surface area contributed by atoms with Gasteiger partial charge in [-0.05, 0) is 54.4 Å². The van der Waals surface area contributed by atoms with E-state index in [0.29, 0.717) is 17.8 Å². The lowest BCUT2D eigenvalue weighted by Gasteiger charge is -2.15. The van der Waals surface area contributed by atoms with Crippen LogP contribution in [0.15, 0.2) is 73.1 Å². The summed E-state index contributed by atoms with van der Waals surface area (Å²) >= 11 is 0. The molecule has 1 aliphatic rings. The summed E-state index contributed by atoms with van der Waals surface area (Å²) in [7, 11) is 0. The minimum absolute atomic E-state index is 0.0300. The maximum Gasteiger partial charge on any atom is 0.256 e. The molecule has 6 nitrogen and oxygen atoms in total. The molecule has 2 amide bonds. The second-order valence-electron chi connectivity index (χ2n) is 7.53. The Morgan fingerprint density at radius 3 is 2.61 bits per heavy atom.